The van der Waals surface area contributed by atoms with Gasteiger partial charge in [0.25, 0.3) is 0 Å². The van der Waals surface area contributed by atoms with Crippen LogP contribution in [0.1, 0.15) is 24.2 Å². The van der Waals surface area contributed by atoms with Crippen LogP contribution in [0.5, 0.6) is 11.5 Å². The summed E-state index contributed by atoms with van der Waals surface area (Å²) < 4.78 is 18.3. The molecule has 1 aliphatic heterocycles. The lowest BCUT2D eigenvalue weighted by Gasteiger charge is -2.38. The quantitative estimate of drug-likeness (QED) is 0.449. The lowest BCUT2D eigenvalue weighted by atomic mass is 9.99. The van der Waals surface area contributed by atoms with Crippen LogP contribution in [0.4, 0.5) is 10.5 Å². The summed E-state index contributed by atoms with van der Waals surface area (Å²) in [6.07, 6.45) is 2.03. The van der Waals surface area contributed by atoms with E-state index in [0.29, 0.717) is 32.0 Å². The summed E-state index contributed by atoms with van der Waals surface area (Å²) in [6, 6.07) is 18.3. The summed E-state index contributed by atoms with van der Waals surface area (Å²) in [5, 5.41) is 2.88. The van der Waals surface area contributed by atoms with Crippen LogP contribution in [0, 0.1) is 0 Å². The molecule has 0 saturated heterocycles. The number of carbonyl (C=O) groups excluding carboxylic acids is 2. The van der Waals surface area contributed by atoms with Crippen molar-refractivity contribution in [1.82, 2.24) is 14.4 Å². The fraction of sp³-hybridized carbons (Fsp3) is 0.357. The summed E-state index contributed by atoms with van der Waals surface area (Å²) in [5.41, 5.74) is 2.60. The molecule has 0 spiro atoms. The lowest BCUT2D eigenvalue weighted by Crippen LogP contribution is -2.49. The maximum Gasteiger partial charge on any atom is 0.322 e. The molecule has 2 heterocycles. The van der Waals surface area contributed by atoms with Crippen LogP contribution in [-0.4, -0.2) is 73.4 Å². The summed E-state index contributed by atoms with van der Waals surface area (Å²) >= 11 is 0. The van der Waals surface area contributed by atoms with Crippen LogP contribution in [0.3, 0.4) is 0 Å². The van der Waals surface area contributed by atoms with E-state index in [9.17, 15) is 9.59 Å². The second-order valence-electron chi connectivity index (χ2n) is 8.69. The Morgan fingerprint density at radius 1 is 1.03 bits per heavy atom. The molecule has 1 N–H and O–H groups in total. The highest BCUT2D eigenvalue weighted by Crippen LogP contribution is 2.34. The van der Waals surface area contributed by atoms with Crippen LogP contribution in [0.2, 0.25) is 0 Å². The van der Waals surface area contributed by atoms with E-state index >= 15 is 0 Å². The Balaban J connectivity index is 1.53. The van der Waals surface area contributed by atoms with Gasteiger partial charge >= 0.3 is 6.03 Å². The molecule has 1 aliphatic rings. The second kappa shape index (κ2) is 12.3. The number of anilines is 1. The van der Waals surface area contributed by atoms with Crippen molar-refractivity contribution in [3.8, 4) is 11.5 Å². The highest BCUT2D eigenvalue weighted by molar-refractivity contribution is 5.92. The largest absolute Gasteiger partial charge is 0.497 e. The molecule has 37 heavy (non-hydrogen) atoms. The molecule has 1 unspecified atom stereocenters. The minimum Gasteiger partial charge on any atom is -0.497 e. The molecule has 0 saturated carbocycles. The highest BCUT2D eigenvalue weighted by atomic mass is 16.5. The number of ether oxygens (including phenoxy) is 3. The van der Waals surface area contributed by atoms with E-state index in [1.165, 1.54) is 4.90 Å². The maximum absolute atomic E-state index is 13.7. The molecule has 9 heteroatoms. The molecule has 0 aliphatic carbocycles. The highest BCUT2D eigenvalue weighted by Gasteiger charge is 2.33. The molecule has 3 aromatic rings. The Labute approximate surface area is 217 Å². The number of fused-ring (bicyclic) bond motifs is 1. The van der Waals surface area contributed by atoms with Gasteiger partial charge < -0.3 is 33.9 Å². The Kier molecular flexibility index (Phi) is 8.68. The summed E-state index contributed by atoms with van der Waals surface area (Å²) in [6.45, 7) is 4.21. The molecule has 0 bridgehead atoms. The van der Waals surface area contributed by atoms with Crippen molar-refractivity contribution >= 4 is 17.6 Å². The normalized spacial score (nSPS) is 14.6. The topological polar surface area (TPSA) is 85.3 Å². The number of hydrogen-bond acceptors (Lipinski definition) is 5. The fourth-order valence-corrected chi connectivity index (χ4v) is 4.53. The lowest BCUT2D eigenvalue weighted by molar-refractivity contribution is -0.134. The van der Waals surface area contributed by atoms with Crippen LogP contribution >= 0.6 is 0 Å². The summed E-state index contributed by atoms with van der Waals surface area (Å²) in [4.78, 5) is 30.2. The van der Waals surface area contributed by atoms with Gasteiger partial charge in [-0.15, -0.1) is 0 Å². The van der Waals surface area contributed by atoms with Crippen LogP contribution in [0.15, 0.2) is 66.9 Å². The number of rotatable bonds is 10. The van der Waals surface area contributed by atoms with Crippen molar-refractivity contribution in [2.45, 2.75) is 19.5 Å². The molecule has 2 aromatic carbocycles. The zero-order chi connectivity index (χ0) is 26.2. The fourth-order valence-electron chi connectivity index (χ4n) is 4.53. The number of methoxy groups -OCH3 is 2. The Hall–Kier alpha value is -3.98. The molecule has 9 nitrogen and oxygen atoms in total. The first-order valence-electron chi connectivity index (χ1n) is 12.4. The third-order valence-electron chi connectivity index (χ3n) is 6.36. The second-order valence-corrected chi connectivity index (χ2v) is 8.69. The zero-order valence-corrected chi connectivity index (χ0v) is 21.6. The van der Waals surface area contributed by atoms with Crippen molar-refractivity contribution in [2.24, 2.45) is 0 Å². The van der Waals surface area contributed by atoms with E-state index in [0.717, 1.165) is 22.8 Å². The molecule has 4 rings (SSSR count). The first-order valence-corrected chi connectivity index (χ1v) is 12.4. The van der Waals surface area contributed by atoms with Crippen molar-refractivity contribution in [2.75, 3.05) is 52.4 Å². The van der Waals surface area contributed by atoms with E-state index < -0.39 is 0 Å². The Morgan fingerprint density at radius 2 is 1.84 bits per heavy atom. The smallest absolute Gasteiger partial charge is 0.322 e. The van der Waals surface area contributed by atoms with Crippen LogP contribution in [0.25, 0.3) is 0 Å². The third-order valence-corrected chi connectivity index (χ3v) is 6.36. The van der Waals surface area contributed by atoms with Gasteiger partial charge in [-0.1, -0.05) is 12.1 Å². The summed E-state index contributed by atoms with van der Waals surface area (Å²) in [7, 11) is 3.20. The first kappa shape index (κ1) is 26.1. The van der Waals surface area contributed by atoms with Gasteiger partial charge in [0.05, 0.1) is 26.4 Å². The van der Waals surface area contributed by atoms with E-state index in [2.05, 4.69) is 9.88 Å². The van der Waals surface area contributed by atoms with Gasteiger partial charge in [-0.05, 0) is 61.0 Å². The number of urea groups is 1. The van der Waals surface area contributed by atoms with Gasteiger partial charge in [-0.3, -0.25) is 4.79 Å². The molecule has 0 radical (unpaired) electrons. The van der Waals surface area contributed by atoms with Gasteiger partial charge in [0.1, 0.15) is 18.0 Å². The van der Waals surface area contributed by atoms with Crippen molar-refractivity contribution in [1.29, 1.82) is 0 Å². The van der Waals surface area contributed by atoms with Gasteiger partial charge in [0.15, 0.2) is 0 Å². The predicted molar refractivity (Wildman–Crippen MR) is 141 cm³/mol. The van der Waals surface area contributed by atoms with E-state index in [1.807, 2.05) is 54.4 Å². The molecule has 1 aromatic heterocycles. The molecule has 3 amide bonds. The third kappa shape index (κ3) is 6.24. The molecule has 196 valence electrons. The van der Waals surface area contributed by atoms with E-state index in [4.69, 9.17) is 14.2 Å². The minimum absolute atomic E-state index is 0.0760. The maximum atomic E-state index is 13.7. The summed E-state index contributed by atoms with van der Waals surface area (Å²) in [5.74, 6) is 1.31. The number of nitrogens with one attached hydrogen (secondary N) is 1. The van der Waals surface area contributed by atoms with Gasteiger partial charge in [0, 0.05) is 44.3 Å². The molecular formula is C28H34N4O5. The number of nitrogens with zero attached hydrogens (tertiary/aromatic N) is 3. The Bertz CT molecular complexity index is 1190. The van der Waals surface area contributed by atoms with Crippen molar-refractivity contribution in [3.05, 3.63) is 78.1 Å². The average Bonchev–Trinajstić information content (AvgIpc) is 3.40. The molecule has 0 fully saturated rings. The van der Waals surface area contributed by atoms with Gasteiger partial charge in [0.2, 0.25) is 5.91 Å². The number of aromatic nitrogens is 1. The van der Waals surface area contributed by atoms with Gasteiger partial charge in [-0.25, -0.2) is 4.79 Å². The van der Waals surface area contributed by atoms with Gasteiger partial charge in [-0.2, -0.15) is 0 Å². The zero-order valence-electron chi connectivity index (χ0n) is 21.6. The SMILES string of the molecule is CCOc1ccc(NC(=O)N(CCOC)CC(=O)N2CCn3cccc3C2c2cccc(OC)c2)cc1. The molecular weight excluding hydrogens is 472 g/mol. The van der Waals surface area contributed by atoms with Crippen molar-refractivity contribution < 1.29 is 23.8 Å². The monoisotopic (exact) mass is 506 g/mol. The van der Waals surface area contributed by atoms with E-state index in [1.54, 1.807) is 38.5 Å². The predicted octanol–water partition coefficient (Wildman–Crippen LogP) is 4.01. The van der Waals surface area contributed by atoms with Crippen LogP contribution in [-0.2, 0) is 16.1 Å². The van der Waals surface area contributed by atoms with Crippen LogP contribution < -0.4 is 14.8 Å². The minimum atomic E-state index is -0.368. The van der Waals surface area contributed by atoms with E-state index in [-0.39, 0.29) is 31.1 Å². The number of amides is 3. The van der Waals surface area contributed by atoms with Crippen molar-refractivity contribution in [3.63, 3.8) is 0 Å². The Morgan fingerprint density at radius 3 is 2.57 bits per heavy atom. The number of carbonyl (C=O) groups is 2. The number of benzene rings is 2. The number of hydrogen-bond donors (Lipinski definition) is 1. The average molecular weight is 507 g/mol. The first-order chi connectivity index (χ1) is 18.0. The molecule has 1 atom stereocenters. The standard InChI is InChI=1S/C28H34N4O5/c1-4-37-23-12-10-22(11-13-23)29-28(34)31(17-18-35-2)20-26(33)32-16-15-30-14-6-9-25(30)27(32)21-7-5-8-24(19-21)36-3/h5-14,19,27H,4,15-18,20H2,1-3H3,(H,29,34).